The molecular weight excluding hydrogens is 899 g/mol. The maximum atomic E-state index is 14.3. The monoisotopic (exact) mass is 920 g/mol. The first-order chi connectivity index (χ1) is 16.2. The van der Waals surface area contributed by atoms with Gasteiger partial charge in [0.05, 0.1) is 0 Å². The molecule has 6 rings (SSSR count). The topological polar surface area (TPSA) is 0 Å². The van der Waals surface area contributed by atoms with E-state index in [2.05, 4.69) is 26.3 Å². The summed E-state index contributed by atoms with van der Waals surface area (Å²) in [7, 11) is 0. The van der Waals surface area contributed by atoms with Gasteiger partial charge in [0.25, 0.3) is 0 Å². The molecule has 0 aliphatic carbocycles. The van der Waals surface area contributed by atoms with Crippen LogP contribution < -0.4 is 14.4 Å². The summed E-state index contributed by atoms with van der Waals surface area (Å²) in [5.41, 5.74) is 0.676. The molecule has 4 aromatic carbocycles. The van der Waals surface area contributed by atoms with E-state index in [1.807, 2.05) is 0 Å². The van der Waals surface area contributed by atoms with E-state index in [0.717, 1.165) is 21.5 Å². The molecule has 8 heteroatoms. The second-order valence-electron chi connectivity index (χ2n) is 7.91. The van der Waals surface area contributed by atoms with Crippen LogP contribution in [0, 0.1) is 0 Å². The fourth-order valence-corrected chi connectivity index (χ4v) is 32.6. The van der Waals surface area contributed by atoms with Crippen molar-refractivity contribution in [3.63, 3.8) is 0 Å². The Bertz CT molecular complexity index is 1470. The number of benzene rings is 4. The number of fused-ring (bicyclic) bond motifs is 6. The minimum atomic E-state index is -0.663. The van der Waals surface area contributed by atoms with Gasteiger partial charge in [-0.2, -0.15) is 0 Å². The van der Waals surface area contributed by atoms with Crippen molar-refractivity contribution in [1.82, 2.24) is 0 Å². The molecular formula is C26H12F4Te4. The molecule has 0 amide bonds. The van der Waals surface area contributed by atoms with E-state index in [0.29, 0.717) is 0 Å². The Morgan fingerprint density at radius 3 is 0.824 bits per heavy atom. The van der Waals surface area contributed by atoms with Gasteiger partial charge in [-0.25, -0.2) is 0 Å². The average Bonchev–Trinajstić information content (AvgIpc) is 3.42. The molecule has 168 valence electrons. The van der Waals surface area contributed by atoms with Gasteiger partial charge in [-0.15, -0.1) is 0 Å². The van der Waals surface area contributed by atoms with Crippen LogP contribution >= 0.6 is 0 Å². The van der Waals surface area contributed by atoms with Gasteiger partial charge < -0.3 is 0 Å². The summed E-state index contributed by atoms with van der Waals surface area (Å²) in [5.74, 6) is -2.65. The first-order valence-electron chi connectivity index (χ1n) is 9.88. The zero-order valence-corrected chi connectivity index (χ0v) is 26.6. The van der Waals surface area contributed by atoms with Gasteiger partial charge in [0.15, 0.2) is 0 Å². The van der Waals surface area contributed by atoms with Crippen LogP contribution in [0.4, 0.5) is 17.6 Å². The molecule has 0 spiro atoms. The van der Waals surface area contributed by atoms with Gasteiger partial charge in [0.1, 0.15) is 0 Å². The van der Waals surface area contributed by atoms with Crippen LogP contribution in [0.3, 0.4) is 0 Å². The molecule has 0 bridgehead atoms. The summed E-state index contributed by atoms with van der Waals surface area (Å²) in [5, 5.41) is 6.68. The zero-order chi connectivity index (χ0) is 24.0. The number of halogens is 4. The van der Waals surface area contributed by atoms with Crippen LogP contribution in [-0.2, 0) is 0 Å². The number of hydrogen-bond acceptors (Lipinski definition) is 0. The quantitative estimate of drug-likeness (QED) is 0.165. The number of hydrogen-bond donors (Lipinski definition) is 0. The molecule has 0 fully saturated rings. The van der Waals surface area contributed by atoms with Crippen molar-refractivity contribution in [2.45, 2.75) is 0 Å². The summed E-state index contributed by atoms with van der Waals surface area (Å²) >= 11 is -2.09. The van der Waals surface area contributed by atoms with Gasteiger partial charge in [0, 0.05) is 0 Å². The van der Waals surface area contributed by atoms with E-state index in [-0.39, 0.29) is 22.3 Å². The van der Waals surface area contributed by atoms with Crippen molar-refractivity contribution in [2.24, 2.45) is 0 Å². The Morgan fingerprint density at radius 1 is 0.441 bits per heavy atom. The molecule has 2 aliphatic rings. The minimum absolute atomic E-state index is 0.169. The zero-order valence-electron chi connectivity index (χ0n) is 17.3. The van der Waals surface area contributed by atoms with Gasteiger partial charge in [0.2, 0.25) is 0 Å². The van der Waals surface area contributed by atoms with E-state index in [1.165, 1.54) is 25.2 Å². The van der Waals surface area contributed by atoms with Gasteiger partial charge in [-0.05, 0) is 0 Å². The first-order valence-corrected chi connectivity index (χ1v) is 29.2. The van der Waals surface area contributed by atoms with Crippen molar-refractivity contribution >= 4 is 138 Å². The molecule has 0 N–H and O–H groups in total. The Kier molecular flexibility index (Phi) is 5.99. The van der Waals surface area contributed by atoms with Gasteiger partial charge in [-0.3, -0.25) is 0 Å². The van der Waals surface area contributed by atoms with Crippen LogP contribution in [0.5, 0.6) is 0 Å². The third kappa shape index (κ3) is 3.35. The van der Waals surface area contributed by atoms with E-state index in [1.54, 1.807) is 24.3 Å². The molecule has 0 unspecified atom stereocenters. The predicted molar refractivity (Wildman–Crippen MR) is 141 cm³/mol. The van der Waals surface area contributed by atoms with Crippen molar-refractivity contribution in [3.05, 3.63) is 72.8 Å². The Labute approximate surface area is 225 Å². The first kappa shape index (κ1) is 23.9. The molecule has 0 atom stereocenters. The Hall–Kier alpha value is -0.502. The Balaban J connectivity index is 1.84. The third-order valence-electron chi connectivity index (χ3n) is 6.04. The van der Waals surface area contributed by atoms with E-state index in [9.17, 15) is 17.6 Å². The molecule has 0 aromatic heterocycles. The van der Waals surface area contributed by atoms with Gasteiger partial charge in [-0.1, -0.05) is 0 Å². The van der Waals surface area contributed by atoms with E-state index >= 15 is 0 Å². The molecule has 2 heterocycles. The molecule has 4 aromatic rings. The molecule has 0 radical (unpaired) electrons. The average molecular weight is 911 g/mol. The summed E-state index contributed by atoms with van der Waals surface area (Å²) in [4.78, 5) is 0. The molecule has 0 saturated heterocycles. The van der Waals surface area contributed by atoms with Crippen LogP contribution in [-0.4, -0.2) is 68.2 Å². The summed E-state index contributed by atoms with van der Waals surface area (Å²) in [6.07, 6.45) is 0. The SMILES string of the molecule is C=C(F)c1cc2c3c4c(c5cc(C(=C)F)c(C(=C)F)cc5c5c4c(c2cc1C(=C)F)[Te][Te]5)[Te][Te]3. The van der Waals surface area contributed by atoms with Crippen molar-refractivity contribution < 1.29 is 17.6 Å². The van der Waals surface area contributed by atoms with Crippen LogP contribution in [0.15, 0.2) is 50.6 Å². The fraction of sp³-hybridized carbons (Fsp3) is 0. The second-order valence-corrected chi connectivity index (χ2v) is 27.2. The van der Waals surface area contributed by atoms with Crippen LogP contribution in [0.1, 0.15) is 22.3 Å². The number of rotatable bonds is 4. The van der Waals surface area contributed by atoms with Gasteiger partial charge >= 0.3 is 229 Å². The normalized spacial score (nSPS) is 13.9. The van der Waals surface area contributed by atoms with Crippen molar-refractivity contribution in [2.75, 3.05) is 0 Å². The molecule has 0 saturated carbocycles. The summed E-state index contributed by atoms with van der Waals surface area (Å²) in [6.45, 7) is 13.7. The van der Waals surface area contributed by atoms with Crippen LogP contribution in [0.25, 0.3) is 55.6 Å². The fourth-order valence-electron chi connectivity index (χ4n) is 4.56. The van der Waals surface area contributed by atoms with E-state index in [4.69, 9.17) is 0 Å². The van der Waals surface area contributed by atoms with E-state index < -0.39 is 91.5 Å². The molecule has 2 aliphatic heterocycles. The standard InChI is InChI=1S/C26H12F4Te4/c1-9(27)13-5-17-18(6-14(13)10(2)28)24-22-21-23(17)31-33-25(21)19-7-15(11(3)29)16(12(4)30)8-20(19)26(22)34-32-24/h5-8H,1-4H2. The predicted octanol–water partition coefficient (Wildman–Crippen LogP) is 4.08. The molecule has 34 heavy (non-hydrogen) atoms. The maximum absolute atomic E-state index is 14.3. The molecule has 0 nitrogen and oxygen atoms in total. The van der Waals surface area contributed by atoms with Crippen molar-refractivity contribution in [3.8, 4) is 0 Å². The second kappa shape index (κ2) is 8.53. The summed E-state index contributed by atoms with van der Waals surface area (Å²) < 4.78 is 62.5. The van der Waals surface area contributed by atoms with Crippen LogP contribution in [0.2, 0.25) is 0 Å². The third-order valence-corrected chi connectivity index (χ3v) is 29.2. The Morgan fingerprint density at radius 2 is 0.647 bits per heavy atom. The summed E-state index contributed by atoms with van der Waals surface area (Å²) in [6, 6.07) is 7.10. The van der Waals surface area contributed by atoms with Crippen molar-refractivity contribution in [1.29, 1.82) is 0 Å².